The fourth-order valence-electron chi connectivity index (χ4n) is 2.36. The lowest BCUT2D eigenvalue weighted by atomic mass is 10.1. The molecule has 0 spiro atoms. The molecule has 0 N–H and O–H groups in total. The Hall–Kier alpha value is -2.77. The topological polar surface area (TPSA) is 61.6 Å². The summed E-state index contributed by atoms with van der Waals surface area (Å²) in [4.78, 5) is 14.3. The molecule has 2 aromatic carbocycles. The molecule has 1 heterocycles. The molecule has 0 atom stereocenters. The van der Waals surface area contributed by atoms with Crippen LogP contribution in [0.3, 0.4) is 0 Å². The zero-order chi connectivity index (χ0) is 24.1. The number of oxazole rings is 1. The van der Waals surface area contributed by atoms with Crippen LogP contribution in [0.1, 0.15) is 21.7 Å². The van der Waals surface area contributed by atoms with Gasteiger partial charge in [-0.3, -0.25) is 4.79 Å². The third-order valence-corrected chi connectivity index (χ3v) is 4.71. The summed E-state index contributed by atoms with van der Waals surface area (Å²) in [5, 5.41) is 0. The van der Waals surface area contributed by atoms with E-state index in [1.807, 2.05) is 22.6 Å². The molecule has 0 aliphatic carbocycles. The van der Waals surface area contributed by atoms with Gasteiger partial charge in [0.1, 0.15) is 27.2 Å². The molecule has 0 bridgehead atoms. The standard InChI is InChI=1S/C12H9F3INO2.C8H5F3O2/c1-6-8(11-17-10(16)7(2)18-11)4-3-5-9(6)19-12(13,14)15;9-8(10,11)13-7-3-1-2-6(4-7)5-12/h3-5H,1-2H3;1-5H. The number of aromatic nitrogens is 1. The molecule has 0 saturated carbocycles. The van der Waals surface area contributed by atoms with E-state index in [-0.39, 0.29) is 17.2 Å². The molecule has 0 radical (unpaired) electrons. The van der Waals surface area contributed by atoms with E-state index in [4.69, 9.17) is 4.42 Å². The third kappa shape index (κ3) is 7.73. The highest BCUT2D eigenvalue weighted by atomic mass is 127. The van der Waals surface area contributed by atoms with E-state index in [2.05, 4.69) is 14.5 Å². The van der Waals surface area contributed by atoms with Gasteiger partial charge in [0.15, 0.2) is 0 Å². The average molecular weight is 573 g/mol. The van der Waals surface area contributed by atoms with Gasteiger partial charge in [0.2, 0.25) is 5.89 Å². The monoisotopic (exact) mass is 573 g/mol. The Morgan fingerprint density at radius 2 is 1.59 bits per heavy atom. The van der Waals surface area contributed by atoms with Crippen molar-refractivity contribution in [2.75, 3.05) is 0 Å². The minimum Gasteiger partial charge on any atom is -0.440 e. The lowest BCUT2D eigenvalue weighted by Crippen LogP contribution is -2.17. The summed E-state index contributed by atoms with van der Waals surface area (Å²) in [7, 11) is 0. The summed E-state index contributed by atoms with van der Waals surface area (Å²) in [6.45, 7) is 3.27. The van der Waals surface area contributed by atoms with E-state index >= 15 is 0 Å². The molecule has 0 unspecified atom stereocenters. The summed E-state index contributed by atoms with van der Waals surface area (Å²) in [5.41, 5.74) is 0.951. The third-order valence-electron chi connectivity index (χ3n) is 3.71. The molecule has 0 fully saturated rings. The first-order valence-corrected chi connectivity index (χ1v) is 9.66. The van der Waals surface area contributed by atoms with Gasteiger partial charge in [0.05, 0.1) is 0 Å². The molecule has 3 rings (SSSR count). The minimum atomic E-state index is -4.72. The summed E-state index contributed by atoms with van der Waals surface area (Å²) >= 11 is 2.00. The highest BCUT2D eigenvalue weighted by Crippen LogP contribution is 2.33. The number of ether oxygens (including phenoxy) is 2. The number of benzene rings is 2. The van der Waals surface area contributed by atoms with Crippen molar-refractivity contribution in [1.29, 1.82) is 0 Å². The van der Waals surface area contributed by atoms with Crippen molar-refractivity contribution in [3.8, 4) is 23.0 Å². The van der Waals surface area contributed by atoms with Gasteiger partial charge in [0.25, 0.3) is 0 Å². The molecule has 1 aromatic heterocycles. The Kier molecular flexibility index (Phi) is 8.15. The van der Waals surface area contributed by atoms with E-state index in [0.717, 1.165) is 12.1 Å². The number of alkyl halides is 6. The van der Waals surface area contributed by atoms with Crippen LogP contribution in [0.4, 0.5) is 26.3 Å². The van der Waals surface area contributed by atoms with Crippen LogP contribution in [-0.2, 0) is 0 Å². The number of carbonyl (C=O) groups excluding carboxylic acids is 1. The Bertz CT molecular complexity index is 1060. The second-order valence-corrected chi connectivity index (χ2v) is 7.10. The first kappa shape index (κ1) is 25.5. The van der Waals surface area contributed by atoms with E-state index < -0.39 is 18.5 Å². The van der Waals surface area contributed by atoms with Crippen LogP contribution in [0.15, 0.2) is 46.9 Å². The molecule has 0 amide bonds. The van der Waals surface area contributed by atoms with Gasteiger partial charge in [-0.05, 0) is 60.7 Å². The van der Waals surface area contributed by atoms with E-state index in [1.165, 1.54) is 31.2 Å². The van der Waals surface area contributed by atoms with Crippen molar-refractivity contribution < 1.29 is 45.0 Å². The second kappa shape index (κ2) is 10.2. The second-order valence-electron chi connectivity index (χ2n) is 6.08. The number of aryl methyl sites for hydroxylation is 1. The maximum atomic E-state index is 12.3. The van der Waals surface area contributed by atoms with Gasteiger partial charge in [-0.2, -0.15) is 0 Å². The largest absolute Gasteiger partial charge is 0.573 e. The maximum absolute atomic E-state index is 12.3. The van der Waals surface area contributed by atoms with Crippen LogP contribution in [0.5, 0.6) is 11.5 Å². The number of nitrogens with zero attached hydrogens (tertiary/aromatic N) is 1. The SMILES string of the molecule is Cc1oc(-c2cccc(OC(F)(F)F)c2C)nc1I.O=Cc1cccc(OC(F)(F)F)c1. The Labute approximate surface area is 191 Å². The zero-order valence-corrected chi connectivity index (χ0v) is 18.5. The fourth-order valence-corrected chi connectivity index (χ4v) is 2.69. The summed E-state index contributed by atoms with van der Waals surface area (Å²) in [6, 6.07) is 9.20. The van der Waals surface area contributed by atoms with E-state index in [9.17, 15) is 31.1 Å². The van der Waals surface area contributed by atoms with Crippen LogP contribution in [0.25, 0.3) is 11.5 Å². The molecule has 0 aliphatic heterocycles. The van der Waals surface area contributed by atoms with Crippen LogP contribution < -0.4 is 9.47 Å². The Balaban J connectivity index is 0.000000244. The summed E-state index contributed by atoms with van der Waals surface area (Å²) < 4.78 is 85.4. The highest BCUT2D eigenvalue weighted by Gasteiger charge is 2.32. The van der Waals surface area contributed by atoms with Crippen molar-refractivity contribution in [2.45, 2.75) is 26.6 Å². The number of halogens is 7. The van der Waals surface area contributed by atoms with Crippen molar-refractivity contribution in [1.82, 2.24) is 4.98 Å². The van der Waals surface area contributed by atoms with Gasteiger partial charge < -0.3 is 13.9 Å². The van der Waals surface area contributed by atoms with E-state index in [0.29, 0.717) is 26.9 Å². The predicted octanol–water partition coefficient (Wildman–Crippen LogP) is 6.86. The highest BCUT2D eigenvalue weighted by molar-refractivity contribution is 14.1. The van der Waals surface area contributed by atoms with Crippen molar-refractivity contribution in [3.63, 3.8) is 0 Å². The van der Waals surface area contributed by atoms with Gasteiger partial charge in [-0.1, -0.05) is 18.2 Å². The fraction of sp³-hybridized carbons (Fsp3) is 0.200. The zero-order valence-electron chi connectivity index (χ0n) is 16.3. The molecule has 12 heteroatoms. The lowest BCUT2D eigenvalue weighted by molar-refractivity contribution is -0.275. The molecule has 172 valence electrons. The molecule has 32 heavy (non-hydrogen) atoms. The smallest absolute Gasteiger partial charge is 0.440 e. The quantitative estimate of drug-likeness (QED) is 0.194. The van der Waals surface area contributed by atoms with Crippen LogP contribution in [0.2, 0.25) is 0 Å². The normalized spacial score (nSPS) is 11.4. The molecule has 5 nitrogen and oxygen atoms in total. The first-order valence-electron chi connectivity index (χ1n) is 8.58. The van der Waals surface area contributed by atoms with Crippen molar-refractivity contribution >= 4 is 28.9 Å². The number of carbonyl (C=O) groups is 1. The first-order chi connectivity index (χ1) is 14.8. The predicted molar refractivity (Wildman–Crippen MR) is 109 cm³/mol. The minimum absolute atomic E-state index is 0.141. The van der Waals surface area contributed by atoms with E-state index in [1.54, 1.807) is 13.0 Å². The van der Waals surface area contributed by atoms with Crippen molar-refractivity contribution in [3.05, 3.63) is 63.1 Å². The molecule has 0 aliphatic rings. The van der Waals surface area contributed by atoms with Crippen LogP contribution in [0, 0.1) is 17.5 Å². The van der Waals surface area contributed by atoms with Gasteiger partial charge in [-0.15, -0.1) is 26.3 Å². The van der Waals surface area contributed by atoms with Gasteiger partial charge in [-0.25, -0.2) is 4.98 Å². The number of aldehydes is 1. The number of hydrogen-bond acceptors (Lipinski definition) is 5. The molecule has 3 aromatic rings. The Morgan fingerprint density at radius 1 is 0.969 bits per heavy atom. The molecular formula is C20H14F6INO4. The number of rotatable bonds is 4. The molecular weight excluding hydrogens is 559 g/mol. The molecule has 0 saturated heterocycles. The summed E-state index contributed by atoms with van der Waals surface area (Å²) in [6.07, 6.45) is -8.99. The average Bonchev–Trinajstić information content (AvgIpc) is 3.00. The van der Waals surface area contributed by atoms with Gasteiger partial charge in [0, 0.05) is 16.7 Å². The Morgan fingerprint density at radius 3 is 2.12 bits per heavy atom. The van der Waals surface area contributed by atoms with Gasteiger partial charge >= 0.3 is 12.7 Å². The maximum Gasteiger partial charge on any atom is 0.573 e. The van der Waals surface area contributed by atoms with Crippen LogP contribution in [-0.4, -0.2) is 24.0 Å². The summed E-state index contributed by atoms with van der Waals surface area (Å²) in [5.74, 6) is 0.261. The lowest BCUT2D eigenvalue weighted by Gasteiger charge is -2.12. The van der Waals surface area contributed by atoms with Crippen molar-refractivity contribution in [2.24, 2.45) is 0 Å². The number of hydrogen-bond donors (Lipinski definition) is 0. The van der Waals surface area contributed by atoms with Crippen LogP contribution >= 0.6 is 22.6 Å².